The van der Waals surface area contributed by atoms with Crippen molar-refractivity contribution in [1.82, 2.24) is 0 Å². The summed E-state index contributed by atoms with van der Waals surface area (Å²) < 4.78 is 1.18. The van der Waals surface area contributed by atoms with Crippen molar-refractivity contribution in [2.75, 3.05) is 5.75 Å². The van der Waals surface area contributed by atoms with E-state index in [-0.39, 0.29) is 0 Å². The molecule has 0 N–H and O–H groups in total. The molecule has 0 fully saturated rings. The molecule has 0 radical (unpaired) electrons. The van der Waals surface area contributed by atoms with Crippen LogP contribution in [0.1, 0.15) is 6.42 Å². The van der Waals surface area contributed by atoms with Crippen LogP contribution in [-0.4, -0.2) is 5.75 Å². The molecule has 0 spiro atoms. The first kappa shape index (κ1) is 9.87. The summed E-state index contributed by atoms with van der Waals surface area (Å²) in [6.07, 6.45) is 3.01. The summed E-state index contributed by atoms with van der Waals surface area (Å²) in [6, 6.07) is 8.27. The maximum Gasteiger partial charge on any atom is 0.0311 e. The molecular formula is C10H11BrS. The van der Waals surface area contributed by atoms with E-state index in [1.807, 2.05) is 23.9 Å². The van der Waals surface area contributed by atoms with Gasteiger partial charge in [0.2, 0.25) is 0 Å². The first-order valence-corrected chi connectivity index (χ1v) is 5.60. The van der Waals surface area contributed by atoms with Crippen molar-refractivity contribution in [3.63, 3.8) is 0 Å². The summed E-state index contributed by atoms with van der Waals surface area (Å²) in [5.74, 6) is 1.10. The molecule has 0 aliphatic carbocycles. The van der Waals surface area contributed by atoms with Crippen molar-refractivity contribution in [2.24, 2.45) is 0 Å². The van der Waals surface area contributed by atoms with Crippen LogP contribution in [-0.2, 0) is 0 Å². The summed E-state index contributed by atoms with van der Waals surface area (Å²) in [7, 11) is 0. The van der Waals surface area contributed by atoms with Gasteiger partial charge in [-0.1, -0.05) is 18.2 Å². The Morgan fingerprint density at radius 3 is 2.83 bits per heavy atom. The molecule has 2 heteroatoms. The third kappa shape index (κ3) is 3.03. The largest absolute Gasteiger partial charge is 0.125 e. The molecule has 0 unspecified atom stereocenters. The van der Waals surface area contributed by atoms with Crippen LogP contribution in [0.25, 0.3) is 0 Å². The molecule has 0 atom stereocenters. The predicted molar refractivity (Wildman–Crippen MR) is 59.7 cm³/mol. The Bertz CT molecular complexity index is 258. The highest BCUT2D eigenvalue weighted by Gasteiger charge is 1.96. The lowest BCUT2D eigenvalue weighted by atomic mass is 10.4. The molecule has 0 bridgehead atoms. The van der Waals surface area contributed by atoms with Crippen LogP contribution in [0, 0.1) is 0 Å². The Morgan fingerprint density at radius 2 is 2.17 bits per heavy atom. The fourth-order valence-electron chi connectivity index (χ4n) is 0.814. The predicted octanol–water partition coefficient (Wildman–Crippen LogP) is 4.12. The van der Waals surface area contributed by atoms with E-state index in [2.05, 4.69) is 40.7 Å². The molecule has 0 aromatic heterocycles. The van der Waals surface area contributed by atoms with Gasteiger partial charge in [0.05, 0.1) is 0 Å². The third-order valence-electron chi connectivity index (χ3n) is 1.42. The van der Waals surface area contributed by atoms with Crippen molar-refractivity contribution in [2.45, 2.75) is 11.3 Å². The Kier molecular flexibility index (Phi) is 4.48. The molecule has 0 heterocycles. The Labute approximate surface area is 86.2 Å². The van der Waals surface area contributed by atoms with Crippen LogP contribution in [0.15, 0.2) is 46.3 Å². The maximum atomic E-state index is 3.69. The number of halogens is 1. The molecule has 0 aliphatic heterocycles. The number of hydrogen-bond acceptors (Lipinski definition) is 1. The van der Waals surface area contributed by atoms with Gasteiger partial charge in [-0.3, -0.25) is 0 Å². The monoisotopic (exact) mass is 242 g/mol. The maximum absolute atomic E-state index is 3.69. The highest BCUT2D eigenvalue weighted by atomic mass is 79.9. The zero-order valence-electron chi connectivity index (χ0n) is 6.79. The van der Waals surface area contributed by atoms with Crippen molar-refractivity contribution >= 4 is 27.7 Å². The molecule has 12 heavy (non-hydrogen) atoms. The minimum atomic E-state index is 1.06. The number of benzene rings is 1. The summed E-state index contributed by atoms with van der Waals surface area (Å²) in [4.78, 5) is 1.30. The lowest BCUT2D eigenvalue weighted by Gasteiger charge is -2.01. The fourth-order valence-corrected chi connectivity index (χ4v) is 2.33. The van der Waals surface area contributed by atoms with E-state index >= 15 is 0 Å². The molecule has 1 aromatic carbocycles. The summed E-state index contributed by atoms with van der Waals surface area (Å²) in [5, 5.41) is 0. The fraction of sp³-hybridized carbons (Fsp3) is 0.200. The van der Waals surface area contributed by atoms with E-state index in [0.29, 0.717) is 0 Å². The Morgan fingerprint density at radius 1 is 1.42 bits per heavy atom. The minimum Gasteiger partial charge on any atom is -0.125 e. The molecule has 0 nitrogen and oxygen atoms in total. The van der Waals surface area contributed by atoms with Crippen LogP contribution < -0.4 is 0 Å². The zero-order chi connectivity index (χ0) is 8.81. The van der Waals surface area contributed by atoms with Crippen LogP contribution in [0.3, 0.4) is 0 Å². The highest BCUT2D eigenvalue weighted by molar-refractivity contribution is 9.10. The number of thioether (sulfide) groups is 1. The van der Waals surface area contributed by atoms with E-state index in [4.69, 9.17) is 0 Å². The van der Waals surface area contributed by atoms with Crippen molar-refractivity contribution < 1.29 is 0 Å². The average molecular weight is 243 g/mol. The molecule has 0 saturated heterocycles. The first-order valence-electron chi connectivity index (χ1n) is 3.83. The SMILES string of the molecule is C=CCCSc1ccccc1Br. The van der Waals surface area contributed by atoms with Crippen molar-refractivity contribution in [3.8, 4) is 0 Å². The minimum absolute atomic E-state index is 1.06. The standard InChI is InChI=1S/C10H11BrS/c1-2-3-8-12-10-7-5-4-6-9(10)11/h2,4-7H,1,3,8H2. The van der Waals surface area contributed by atoms with Crippen LogP contribution in [0.4, 0.5) is 0 Å². The van der Waals surface area contributed by atoms with Gasteiger partial charge in [0, 0.05) is 15.1 Å². The number of hydrogen-bond donors (Lipinski definition) is 0. The van der Waals surface area contributed by atoms with Gasteiger partial charge in [-0.25, -0.2) is 0 Å². The van der Waals surface area contributed by atoms with E-state index < -0.39 is 0 Å². The molecule has 0 saturated carbocycles. The Balaban J connectivity index is 2.51. The van der Waals surface area contributed by atoms with Crippen LogP contribution in [0.2, 0.25) is 0 Å². The second-order valence-electron chi connectivity index (χ2n) is 2.36. The van der Waals surface area contributed by atoms with Gasteiger partial charge in [0.25, 0.3) is 0 Å². The van der Waals surface area contributed by atoms with E-state index in [9.17, 15) is 0 Å². The summed E-state index contributed by atoms with van der Waals surface area (Å²) in [5.41, 5.74) is 0. The molecule has 1 rings (SSSR count). The van der Waals surface area contributed by atoms with Gasteiger partial charge in [-0.15, -0.1) is 18.3 Å². The molecular weight excluding hydrogens is 232 g/mol. The number of rotatable bonds is 4. The van der Waals surface area contributed by atoms with Gasteiger partial charge < -0.3 is 0 Å². The molecule has 1 aromatic rings. The first-order chi connectivity index (χ1) is 5.84. The van der Waals surface area contributed by atoms with Gasteiger partial charge >= 0.3 is 0 Å². The topological polar surface area (TPSA) is 0 Å². The lowest BCUT2D eigenvalue weighted by molar-refractivity contribution is 1.24. The van der Waals surface area contributed by atoms with Crippen molar-refractivity contribution in [1.29, 1.82) is 0 Å². The third-order valence-corrected chi connectivity index (χ3v) is 3.48. The normalized spacial score (nSPS) is 9.75. The van der Waals surface area contributed by atoms with Gasteiger partial charge in [-0.05, 0) is 34.5 Å². The molecule has 0 amide bonds. The second-order valence-corrected chi connectivity index (χ2v) is 4.35. The van der Waals surface area contributed by atoms with E-state index in [1.54, 1.807) is 0 Å². The second kappa shape index (κ2) is 5.44. The highest BCUT2D eigenvalue weighted by Crippen LogP contribution is 2.27. The quantitative estimate of drug-likeness (QED) is 0.435. The summed E-state index contributed by atoms with van der Waals surface area (Å²) in [6.45, 7) is 3.69. The van der Waals surface area contributed by atoms with E-state index in [0.717, 1.165) is 12.2 Å². The van der Waals surface area contributed by atoms with Gasteiger partial charge in [0.15, 0.2) is 0 Å². The van der Waals surface area contributed by atoms with Gasteiger partial charge in [0.1, 0.15) is 0 Å². The molecule has 64 valence electrons. The zero-order valence-corrected chi connectivity index (χ0v) is 9.20. The van der Waals surface area contributed by atoms with E-state index in [1.165, 1.54) is 9.37 Å². The van der Waals surface area contributed by atoms with Crippen molar-refractivity contribution in [3.05, 3.63) is 41.4 Å². The van der Waals surface area contributed by atoms with Crippen LogP contribution >= 0.6 is 27.7 Å². The smallest absolute Gasteiger partial charge is 0.0311 e. The summed E-state index contributed by atoms with van der Waals surface area (Å²) >= 11 is 5.36. The van der Waals surface area contributed by atoms with Gasteiger partial charge in [-0.2, -0.15) is 0 Å². The number of allylic oxidation sites excluding steroid dienone is 1. The molecule has 0 aliphatic rings. The van der Waals surface area contributed by atoms with Crippen LogP contribution in [0.5, 0.6) is 0 Å². The lowest BCUT2D eigenvalue weighted by Crippen LogP contribution is -1.77. The Hall–Kier alpha value is -0.210. The average Bonchev–Trinajstić information content (AvgIpc) is 2.09.